The molecule has 0 saturated heterocycles. The SMILES string of the molecule is CCOC(=O)c1cnc2n(c1=N)CCN2c1ccc(C)cc1. The van der Waals surface area contributed by atoms with Crippen LogP contribution in [0.5, 0.6) is 0 Å². The van der Waals surface area contributed by atoms with Crippen molar-refractivity contribution in [2.45, 2.75) is 20.4 Å². The Morgan fingerprint density at radius 3 is 2.73 bits per heavy atom. The van der Waals surface area contributed by atoms with Crippen LogP contribution in [-0.4, -0.2) is 28.7 Å². The number of anilines is 2. The lowest BCUT2D eigenvalue weighted by atomic mass is 10.2. The number of ether oxygens (including phenoxy) is 1. The van der Waals surface area contributed by atoms with E-state index in [2.05, 4.69) is 4.98 Å². The number of carbonyl (C=O) groups excluding carboxylic acids is 1. The van der Waals surface area contributed by atoms with E-state index in [4.69, 9.17) is 10.1 Å². The van der Waals surface area contributed by atoms with Crippen LogP contribution in [0.2, 0.25) is 0 Å². The van der Waals surface area contributed by atoms with Crippen molar-refractivity contribution in [3.05, 3.63) is 47.1 Å². The summed E-state index contributed by atoms with van der Waals surface area (Å²) in [5.74, 6) is 0.186. The fourth-order valence-electron chi connectivity index (χ4n) is 2.55. The number of hydrogen-bond donors (Lipinski definition) is 1. The Hall–Kier alpha value is -2.63. The number of carbonyl (C=O) groups is 1. The monoisotopic (exact) mass is 298 g/mol. The Morgan fingerprint density at radius 1 is 1.32 bits per heavy atom. The number of aromatic nitrogens is 2. The first-order chi connectivity index (χ1) is 10.6. The van der Waals surface area contributed by atoms with Gasteiger partial charge in [0.2, 0.25) is 5.95 Å². The van der Waals surface area contributed by atoms with Gasteiger partial charge in [-0.1, -0.05) is 17.7 Å². The molecule has 0 saturated carbocycles. The van der Waals surface area contributed by atoms with E-state index in [1.807, 2.05) is 36.1 Å². The average molecular weight is 298 g/mol. The minimum Gasteiger partial charge on any atom is -0.462 e. The lowest BCUT2D eigenvalue weighted by molar-refractivity contribution is 0.0522. The molecule has 1 N–H and O–H groups in total. The molecule has 22 heavy (non-hydrogen) atoms. The topological polar surface area (TPSA) is 71.2 Å². The van der Waals surface area contributed by atoms with Gasteiger partial charge in [-0.05, 0) is 26.0 Å². The van der Waals surface area contributed by atoms with Crippen molar-refractivity contribution in [2.24, 2.45) is 0 Å². The predicted molar refractivity (Wildman–Crippen MR) is 82.2 cm³/mol. The van der Waals surface area contributed by atoms with Crippen molar-refractivity contribution in [3.8, 4) is 0 Å². The molecule has 0 amide bonds. The van der Waals surface area contributed by atoms with Gasteiger partial charge in [-0.2, -0.15) is 0 Å². The maximum absolute atomic E-state index is 11.8. The number of nitrogens with one attached hydrogen (secondary N) is 1. The minimum absolute atomic E-state index is 0.151. The summed E-state index contributed by atoms with van der Waals surface area (Å²) in [6.45, 7) is 5.43. The maximum atomic E-state index is 11.8. The molecule has 3 rings (SSSR count). The molecule has 1 aromatic carbocycles. The minimum atomic E-state index is -0.496. The van der Waals surface area contributed by atoms with Crippen molar-refractivity contribution in [1.82, 2.24) is 9.55 Å². The average Bonchev–Trinajstić information content (AvgIpc) is 2.93. The van der Waals surface area contributed by atoms with Crippen molar-refractivity contribution in [3.63, 3.8) is 0 Å². The lowest BCUT2D eigenvalue weighted by Gasteiger charge is -2.17. The molecular weight excluding hydrogens is 280 g/mol. The molecule has 1 aliphatic heterocycles. The van der Waals surface area contributed by atoms with Gasteiger partial charge in [0.1, 0.15) is 11.1 Å². The third kappa shape index (κ3) is 2.36. The fourth-order valence-corrected chi connectivity index (χ4v) is 2.55. The lowest BCUT2D eigenvalue weighted by Crippen LogP contribution is -2.27. The summed E-state index contributed by atoms with van der Waals surface area (Å²) in [5, 5.41) is 8.22. The highest BCUT2D eigenvalue weighted by molar-refractivity contribution is 5.88. The molecule has 114 valence electrons. The first-order valence-electron chi connectivity index (χ1n) is 7.27. The first kappa shape index (κ1) is 14.3. The summed E-state index contributed by atoms with van der Waals surface area (Å²) in [6.07, 6.45) is 1.43. The second-order valence-electron chi connectivity index (χ2n) is 5.18. The highest BCUT2D eigenvalue weighted by Gasteiger charge is 2.24. The Bertz CT molecular complexity index is 765. The molecule has 0 atom stereocenters. The van der Waals surface area contributed by atoms with E-state index in [-0.39, 0.29) is 17.7 Å². The Balaban J connectivity index is 1.99. The maximum Gasteiger partial charge on any atom is 0.343 e. The Kier molecular flexibility index (Phi) is 3.66. The van der Waals surface area contributed by atoms with Gasteiger partial charge in [0, 0.05) is 25.0 Å². The van der Waals surface area contributed by atoms with Crippen LogP contribution in [0.3, 0.4) is 0 Å². The highest BCUT2D eigenvalue weighted by Crippen LogP contribution is 2.27. The van der Waals surface area contributed by atoms with Gasteiger partial charge >= 0.3 is 5.97 Å². The standard InChI is InChI=1S/C16H18N4O2/c1-3-22-15(21)13-10-18-16-19(8-9-20(16)14(13)17)12-6-4-11(2)5-7-12/h4-7,10,17H,3,8-9H2,1-2H3. The van der Waals surface area contributed by atoms with E-state index in [0.717, 1.165) is 12.2 Å². The van der Waals surface area contributed by atoms with Gasteiger partial charge in [-0.3, -0.25) is 9.98 Å². The van der Waals surface area contributed by atoms with E-state index in [0.29, 0.717) is 12.5 Å². The summed E-state index contributed by atoms with van der Waals surface area (Å²) in [6, 6.07) is 8.17. The molecule has 1 aromatic heterocycles. The number of benzene rings is 1. The number of aryl methyl sites for hydroxylation is 1. The van der Waals surface area contributed by atoms with Crippen LogP contribution < -0.4 is 10.4 Å². The van der Waals surface area contributed by atoms with Crippen LogP contribution in [0, 0.1) is 12.3 Å². The van der Waals surface area contributed by atoms with Crippen LogP contribution in [0.25, 0.3) is 0 Å². The van der Waals surface area contributed by atoms with Crippen molar-refractivity contribution in [1.29, 1.82) is 5.41 Å². The molecule has 6 nitrogen and oxygen atoms in total. The Morgan fingerprint density at radius 2 is 2.05 bits per heavy atom. The van der Waals surface area contributed by atoms with Gasteiger partial charge in [0.05, 0.1) is 6.61 Å². The van der Waals surface area contributed by atoms with Crippen LogP contribution in [0.1, 0.15) is 22.8 Å². The number of fused-ring (bicyclic) bond motifs is 1. The molecule has 2 aromatic rings. The number of esters is 1. The summed E-state index contributed by atoms with van der Waals surface area (Å²) in [5.41, 5.74) is 2.59. The van der Waals surface area contributed by atoms with Crippen molar-refractivity contribution < 1.29 is 9.53 Å². The molecule has 0 fully saturated rings. The van der Waals surface area contributed by atoms with Gasteiger partial charge in [-0.15, -0.1) is 0 Å². The number of hydrogen-bond acceptors (Lipinski definition) is 5. The Labute approximate surface area is 128 Å². The van der Waals surface area contributed by atoms with Crippen LogP contribution >= 0.6 is 0 Å². The van der Waals surface area contributed by atoms with E-state index in [9.17, 15) is 4.79 Å². The van der Waals surface area contributed by atoms with Gasteiger partial charge in [-0.25, -0.2) is 9.78 Å². The zero-order chi connectivity index (χ0) is 15.7. The fraction of sp³-hybridized carbons (Fsp3) is 0.312. The van der Waals surface area contributed by atoms with Crippen LogP contribution in [0.4, 0.5) is 11.6 Å². The van der Waals surface area contributed by atoms with E-state index < -0.39 is 5.97 Å². The normalized spacial score (nSPS) is 13.1. The second-order valence-corrected chi connectivity index (χ2v) is 5.18. The molecule has 0 aliphatic carbocycles. The molecular formula is C16H18N4O2. The molecule has 6 heteroatoms. The first-order valence-corrected chi connectivity index (χ1v) is 7.27. The van der Waals surface area contributed by atoms with Crippen LogP contribution in [0.15, 0.2) is 30.5 Å². The molecule has 0 spiro atoms. The molecule has 1 aliphatic rings. The molecule has 0 radical (unpaired) electrons. The number of nitrogens with zero attached hydrogens (tertiary/aromatic N) is 3. The summed E-state index contributed by atoms with van der Waals surface area (Å²) in [7, 11) is 0. The molecule has 0 bridgehead atoms. The quantitative estimate of drug-likeness (QED) is 0.880. The van der Waals surface area contributed by atoms with E-state index in [1.54, 1.807) is 11.5 Å². The third-order valence-corrected chi connectivity index (χ3v) is 3.71. The zero-order valence-corrected chi connectivity index (χ0v) is 12.7. The largest absolute Gasteiger partial charge is 0.462 e. The predicted octanol–water partition coefficient (Wildman–Crippen LogP) is 2.00. The summed E-state index contributed by atoms with van der Waals surface area (Å²) in [4.78, 5) is 18.3. The number of rotatable bonds is 3. The van der Waals surface area contributed by atoms with Crippen LogP contribution in [-0.2, 0) is 11.3 Å². The molecule has 2 heterocycles. The third-order valence-electron chi connectivity index (χ3n) is 3.71. The van der Waals surface area contributed by atoms with E-state index in [1.165, 1.54) is 11.8 Å². The smallest absolute Gasteiger partial charge is 0.343 e. The highest BCUT2D eigenvalue weighted by atomic mass is 16.5. The van der Waals surface area contributed by atoms with Gasteiger partial charge in [0.25, 0.3) is 0 Å². The molecule has 0 unspecified atom stereocenters. The van der Waals surface area contributed by atoms with Crippen molar-refractivity contribution in [2.75, 3.05) is 18.1 Å². The van der Waals surface area contributed by atoms with Gasteiger partial charge in [0.15, 0.2) is 0 Å². The zero-order valence-electron chi connectivity index (χ0n) is 12.7. The summed E-state index contributed by atoms with van der Waals surface area (Å²) < 4.78 is 6.71. The van der Waals surface area contributed by atoms with E-state index >= 15 is 0 Å². The van der Waals surface area contributed by atoms with Crippen molar-refractivity contribution >= 4 is 17.6 Å². The summed E-state index contributed by atoms with van der Waals surface area (Å²) >= 11 is 0. The second kappa shape index (κ2) is 5.63. The van der Waals surface area contributed by atoms with Gasteiger partial charge < -0.3 is 9.64 Å².